The van der Waals surface area contributed by atoms with Crippen molar-refractivity contribution in [3.63, 3.8) is 0 Å². The van der Waals surface area contributed by atoms with Gasteiger partial charge in [0.25, 0.3) is 5.91 Å². The molecule has 25 heavy (non-hydrogen) atoms. The van der Waals surface area contributed by atoms with Gasteiger partial charge in [0, 0.05) is 19.6 Å². The Kier molecular flexibility index (Phi) is 5.93. The van der Waals surface area contributed by atoms with E-state index in [0.717, 1.165) is 37.9 Å². The topological polar surface area (TPSA) is 58.1 Å². The van der Waals surface area contributed by atoms with E-state index in [2.05, 4.69) is 15.5 Å². The molecule has 1 N–H and O–H groups in total. The Balaban J connectivity index is 1.51. The third-order valence-electron chi connectivity index (χ3n) is 4.41. The van der Waals surface area contributed by atoms with Crippen LogP contribution in [0, 0.1) is 5.82 Å². The monoisotopic (exact) mass is 342 g/mol. The molecule has 1 saturated heterocycles. The van der Waals surface area contributed by atoms with Crippen molar-refractivity contribution in [2.24, 2.45) is 0 Å². The molecular weight excluding hydrogens is 319 g/mol. The number of anilines is 1. The molecule has 6 heteroatoms. The molecule has 1 aliphatic heterocycles. The van der Waals surface area contributed by atoms with Crippen molar-refractivity contribution in [1.82, 2.24) is 15.1 Å². The van der Waals surface area contributed by atoms with Gasteiger partial charge in [0.05, 0.1) is 0 Å². The zero-order valence-corrected chi connectivity index (χ0v) is 14.2. The van der Waals surface area contributed by atoms with E-state index in [4.69, 9.17) is 0 Å². The van der Waals surface area contributed by atoms with E-state index in [1.54, 1.807) is 24.3 Å². The van der Waals surface area contributed by atoms with Gasteiger partial charge in [0.1, 0.15) is 11.6 Å². The van der Waals surface area contributed by atoms with Crippen LogP contribution in [0.25, 0.3) is 0 Å². The lowest BCUT2D eigenvalue weighted by atomic mass is 10.1. The molecule has 1 amide bonds. The van der Waals surface area contributed by atoms with E-state index in [0.29, 0.717) is 18.1 Å². The molecule has 2 aromatic rings. The lowest BCUT2D eigenvalue weighted by Gasteiger charge is -2.19. The summed E-state index contributed by atoms with van der Waals surface area (Å²) in [5.41, 5.74) is 1.45. The second-order valence-corrected chi connectivity index (χ2v) is 6.31. The highest BCUT2D eigenvalue weighted by Gasteiger charge is 2.18. The van der Waals surface area contributed by atoms with Crippen LogP contribution in [0.3, 0.4) is 0 Å². The van der Waals surface area contributed by atoms with Gasteiger partial charge in [-0.05, 0) is 49.1 Å². The molecule has 5 nitrogen and oxygen atoms in total. The number of aromatic nitrogens is 2. The maximum absolute atomic E-state index is 12.9. The number of hydrogen-bond donors (Lipinski definition) is 1. The van der Waals surface area contributed by atoms with E-state index in [1.807, 2.05) is 4.90 Å². The SMILES string of the molecule is O=C(c1ccc(NCCc2ccc(F)cc2)nn1)N1CCCCCC1. The molecule has 1 fully saturated rings. The largest absolute Gasteiger partial charge is 0.368 e. The minimum absolute atomic E-state index is 0.0349. The van der Waals surface area contributed by atoms with E-state index >= 15 is 0 Å². The number of carbonyl (C=O) groups excluding carboxylic acids is 1. The highest BCUT2D eigenvalue weighted by Crippen LogP contribution is 2.13. The molecule has 0 radical (unpaired) electrons. The smallest absolute Gasteiger partial charge is 0.274 e. The molecule has 0 bridgehead atoms. The first kappa shape index (κ1) is 17.3. The minimum Gasteiger partial charge on any atom is -0.368 e. The Morgan fingerprint density at radius 1 is 1.00 bits per heavy atom. The van der Waals surface area contributed by atoms with Crippen LogP contribution in [-0.4, -0.2) is 40.6 Å². The molecule has 0 saturated carbocycles. The van der Waals surface area contributed by atoms with Crippen LogP contribution in [-0.2, 0) is 6.42 Å². The average Bonchev–Trinajstić information content (AvgIpc) is 2.93. The highest BCUT2D eigenvalue weighted by molar-refractivity contribution is 5.92. The summed E-state index contributed by atoms with van der Waals surface area (Å²) >= 11 is 0. The number of benzene rings is 1. The highest BCUT2D eigenvalue weighted by atomic mass is 19.1. The van der Waals surface area contributed by atoms with Gasteiger partial charge in [-0.2, -0.15) is 0 Å². The third-order valence-corrected chi connectivity index (χ3v) is 4.41. The fourth-order valence-corrected chi connectivity index (χ4v) is 2.96. The van der Waals surface area contributed by atoms with Crippen molar-refractivity contribution < 1.29 is 9.18 Å². The molecule has 3 rings (SSSR count). The van der Waals surface area contributed by atoms with Crippen molar-refractivity contribution >= 4 is 11.7 Å². The van der Waals surface area contributed by atoms with Gasteiger partial charge in [0.15, 0.2) is 5.69 Å². The summed E-state index contributed by atoms with van der Waals surface area (Å²) in [6.07, 6.45) is 5.25. The standard InChI is InChI=1S/C19H23FN4O/c20-16-7-5-15(6-8-16)11-12-21-18-10-9-17(22-23-18)19(25)24-13-3-1-2-4-14-24/h5-10H,1-4,11-14H2,(H,21,23). The molecule has 132 valence electrons. The third kappa shape index (κ3) is 4.98. The molecule has 0 unspecified atom stereocenters. The summed E-state index contributed by atoms with van der Waals surface area (Å²) in [5.74, 6) is 0.369. The predicted octanol–water partition coefficient (Wildman–Crippen LogP) is 3.29. The van der Waals surface area contributed by atoms with E-state index in [-0.39, 0.29) is 11.7 Å². The fourth-order valence-electron chi connectivity index (χ4n) is 2.96. The Labute approximate surface area is 147 Å². The maximum atomic E-state index is 12.9. The number of nitrogens with zero attached hydrogens (tertiary/aromatic N) is 3. The zero-order valence-electron chi connectivity index (χ0n) is 14.2. The quantitative estimate of drug-likeness (QED) is 0.906. The number of carbonyl (C=O) groups is 1. The molecule has 0 spiro atoms. The van der Waals surface area contributed by atoms with Crippen LogP contribution in [0.4, 0.5) is 10.2 Å². The molecule has 0 aliphatic carbocycles. The summed E-state index contributed by atoms with van der Waals surface area (Å²) in [6, 6.07) is 9.96. The van der Waals surface area contributed by atoms with Crippen LogP contribution < -0.4 is 5.32 Å². The van der Waals surface area contributed by atoms with Crippen molar-refractivity contribution in [3.05, 3.63) is 53.5 Å². The normalized spacial score (nSPS) is 14.8. The average molecular weight is 342 g/mol. The number of nitrogens with one attached hydrogen (secondary N) is 1. The van der Waals surface area contributed by atoms with Crippen molar-refractivity contribution in [3.8, 4) is 0 Å². The van der Waals surface area contributed by atoms with E-state index < -0.39 is 0 Å². The number of rotatable bonds is 5. The minimum atomic E-state index is -0.229. The molecule has 1 aromatic heterocycles. The lowest BCUT2D eigenvalue weighted by molar-refractivity contribution is 0.0754. The van der Waals surface area contributed by atoms with Crippen LogP contribution >= 0.6 is 0 Å². The molecular formula is C19H23FN4O. The van der Waals surface area contributed by atoms with E-state index in [1.165, 1.54) is 25.0 Å². The van der Waals surface area contributed by atoms with Gasteiger partial charge in [0.2, 0.25) is 0 Å². The van der Waals surface area contributed by atoms with Gasteiger partial charge in [-0.3, -0.25) is 4.79 Å². The van der Waals surface area contributed by atoms with Gasteiger partial charge >= 0.3 is 0 Å². The summed E-state index contributed by atoms with van der Waals surface area (Å²) in [6.45, 7) is 2.27. The van der Waals surface area contributed by atoms with E-state index in [9.17, 15) is 9.18 Å². The first-order chi connectivity index (χ1) is 12.2. The number of hydrogen-bond acceptors (Lipinski definition) is 4. The second-order valence-electron chi connectivity index (χ2n) is 6.31. The molecule has 0 atom stereocenters. The number of halogens is 1. The molecule has 1 aromatic carbocycles. The Morgan fingerprint density at radius 2 is 1.72 bits per heavy atom. The first-order valence-corrected chi connectivity index (χ1v) is 8.84. The Bertz CT molecular complexity index is 680. The maximum Gasteiger partial charge on any atom is 0.274 e. The summed E-state index contributed by atoms with van der Waals surface area (Å²) < 4.78 is 12.9. The summed E-state index contributed by atoms with van der Waals surface area (Å²) in [5, 5.41) is 11.3. The summed E-state index contributed by atoms with van der Waals surface area (Å²) in [7, 11) is 0. The second kappa shape index (κ2) is 8.55. The van der Waals surface area contributed by atoms with Gasteiger partial charge in [-0.25, -0.2) is 4.39 Å². The molecule has 2 heterocycles. The van der Waals surface area contributed by atoms with Crippen molar-refractivity contribution in [2.45, 2.75) is 32.1 Å². The van der Waals surface area contributed by atoms with Gasteiger partial charge in [-0.15, -0.1) is 10.2 Å². The van der Waals surface area contributed by atoms with Gasteiger partial charge in [-0.1, -0.05) is 25.0 Å². The van der Waals surface area contributed by atoms with Crippen LogP contribution in [0.15, 0.2) is 36.4 Å². The van der Waals surface area contributed by atoms with Crippen LogP contribution in [0.5, 0.6) is 0 Å². The van der Waals surface area contributed by atoms with Crippen molar-refractivity contribution in [1.29, 1.82) is 0 Å². The fraction of sp³-hybridized carbons (Fsp3) is 0.421. The van der Waals surface area contributed by atoms with Gasteiger partial charge < -0.3 is 10.2 Å². The number of likely N-dealkylation sites (tertiary alicyclic amines) is 1. The van der Waals surface area contributed by atoms with Crippen molar-refractivity contribution in [2.75, 3.05) is 25.0 Å². The zero-order chi connectivity index (χ0) is 17.5. The van der Waals surface area contributed by atoms with Crippen LogP contribution in [0.1, 0.15) is 41.7 Å². The van der Waals surface area contributed by atoms with Crippen LogP contribution in [0.2, 0.25) is 0 Å². The first-order valence-electron chi connectivity index (χ1n) is 8.84. The Hall–Kier alpha value is -2.50. The molecule has 1 aliphatic rings. The lowest BCUT2D eigenvalue weighted by Crippen LogP contribution is -2.32. The number of amides is 1. The predicted molar refractivity (Wildman–Crippen MR) is 95.0 cm³/mol. The summed E-state index contributed by atoms with van der Waals surface area (Å²) in [4.78, 5) is 14.3. The Morgan fingerprint density at radius 3 is 2.36 bits per heavy atom.